The van der Waals surface area contributed by atoms with E-state index in [2.05, 4.69) is 61.8 Å². The van der Waals surface area contributed by atoms with E-state index in [0.29, 0.717) is 0 Å². The van der Waals surface area contributed by atoms with Crippen LogP contribution in [0.4, 0.5) is 10.1 Å². The molecular weight excluding hydrogens is 411 g/mol. The maximum atomic E-state index is 14.7. The summed E-state index contributed by atoms with van der Waals surface area (Å²) in [5, 5.41) is 8.95. The third-order valence-electron chi connectivity index (χ3n) is 7.94. The van der Waals surface area contributed by atoms with Gasteiger partial charge in [-0.2, -0.15) is 0 Å². The molecule has 0 spiro atoms. The molecule has 1 heterocycles. The molecule has 2 aromatic carbocycles. The van der Waals surface area contributed by atoms with Crippen LogP contribution in [0.5, 0.6) is 0 Å². The second-order valence-corrected chi connectivity index (χ2v) is 11.3. The van der Waals surface area contributed by atoms with Crippen molar-refractivity contribution in [3.63, 3.8) is 0 Å². The first kappa shape index (κ1) is 24.2. The van der Waals surface area contributed by atoms with E-state index < -0.39 is 0 Å². The normalized spacial score (nSPS) is 20.0. The molecule has 4 heteroatoms. The molecule has 0 atom stereocenters. The average Bonchev–Trinajstić information content (AvgIpc) is 2.80. The number of hydrogen-bond donors (Lipinski definition) is 1. The number of unbranched alkanes of at least 4 members (excludes halogenated alkanes) is 2. The van der Waals surface area contributed by atoms with Crippen molar-refractivity contribution in [3.8, 4) is 11.1 Å². The van der Waals surface area contributed by atoms with Crippen LogP contribution in [0.25, 0.3) is 11.1 Å². The zero-order valence-electron chi connectivity index (χ0n) is 21.0. The molecule has 4 rings (SSSR count). The van der Waals surface area contributed by atoms with Gasteiger partial charge in [0, 0.05) is 38.5 Å². The smallest absolute Gasteiger partial charge is 0.125 e. The van der Waals surface area contributed by atoms with E-state index in [-0.39, 0.29) is 23.3 Å². The summed E-state index contributed by atoms with van der Waals surface area (Å²) in [6.45, 7) is 14.6. The molecule has 0 aromatic heterocycles. The Labute approximate surface area is 199 Å². The maximum Gasteiger partial charge on any atom is 0.125 e. The van der Waals surface area contributed by atoms with Gasteiger partial charge in [-0.05, 0) is 89.9 Å². The quantitative estimate of drug-likeness (QED) is 0.512. The van der Waals surface area contributed by atoms with E-state index in [1.165, 1.54) is 24.0 Å². The lowest BCUT2D eigenvalue weighted by Gasteiger charge is -2.42. The van der Waals surface area contributed by atoms with Crippen LogP contribution < -0.4 is 4.90 Å². The van der Waals surface area contributed by atoms with Crippen molar-refractivity contribution in [2.75, 3.05) is 44.2 Å². The molecule has 1 aliphatic carbocycles. The number of piperazine rings is 1. The van der Waals surface area contributed by atoms with Gasteiger partial charge in [0.05, 0.1) is 0 Å². The molecule has 180 valence electrons. The van der Waals surface area contributed by atoms with Gasteiger partial charge in [0.15, 0.2) is 0 Å². The third-order valence-corrected chi connectivity index (χ3v) is 7.94. The van der Waals surface area contributed by atoms with E-state index in [9.17, 15) is 4.39 Å². The van der Waals surface area contributed by atoms with Gasteiger partial charge in [0.2, 0.25) is 0 Å². The monoisotopic (exact) mass is 452 g/mol. The standard InChI is InChI=1S/C29H41FN2O/c1-28(2)10-11-29(3,4)27-20-22(8-9-26(27)28)23-18-24(30)21-25(19-23)32-15-13-31(14-16-32)12-6-5-7-17-33/h8-9,18-21,33H,5-7,10-17H2,1-4H3. The fourth-order valence-electron chi connectivity index (χ4n) is 5.55. The van der Waals surface area contributed by atoms with Gasteiger partial charge in [-0.3, -0.25) is 4.90 Å². The first-order chi connectivity index (χ1) is 15.7. The molecule has 3 nitrogen and oxygen atoms in total. The maximum absolute atomic E-state index is 14.7. The van der Waals surface area contributed by atoms with Gasteiger partial charge in [0.1, 0.15) is 5.82 Å². The van der Waals surface area contributed by atoms with E-state index >= 15 is 0 Å². The first-order valence-corrected chi connectivity index (χ1v) is 12.7. The summed E-state index contributed by atoms with van der Waals surface area (Å²) >= 11 is 0. The molecule has 0 amide bonds. The van der Waals surface area contributed by atoms with Crippen molar-refractivity contribution in [1.29, 1.82) is 0 Å². The molecule has 0 unspecified atom stereocenters. The summed E-state index contributed by atoms with van der Waals surface area (Å²) < 4.78 is 14.7. The Bertz CT molecular complexity index is 960. The number of halogens is 1. The molecule has 33 heavy (non-hydrogen) atoms. The molecule has 2 aromatic rings. The Morgan fingerprint density at radius 3 is 2.18 bits per heavy atom. The molecule has 0 bridgehead atoms. The summed E-state index contributed by atoms with van der Waals surface area (Å²) in [7, 11) is 0. The molecule has 0 saturated carbocycles. The SMILES string of the molecule is CC1(C)CCC(C)(C)c2cc(-c3cc(F)cc(N4CCN(CCCCCO)CC4)c3)ccc21. The Hall–Kier alpha value is -1.91. The summed E-state index contributed by atoms with van der Waals surface area (Å²) in [5.41, 5.74) is 6.26. The highest BCUT2D eigenvalue weighted by Crippen LogP contribution is 2.47. The zero-order valence-corrected chi connectivity index (χ0v) is 21.0. The largest absolute Gasteiger partial charge is 0.396 e. The highest BCUT2D eigenvalue weighted by molar-refractivity contribution is 5.71. The number of fused-ring (bicyclic) bond motifs is 1. The topological polar surface area (TPSA) is 26.7 Å². The summed E-state index contributed by atoms with van der Waals surface area (Å²) in [6.07, 6.45) is 5.48. The van der Waals surface area contributed by atoms with Crippen molar-refractivity contribution in [2.24, 2.45) is 0 Å². The number of benzene rings is 2. The predicted octanol–water partition coefficient (Wildman–Crippen LogP) is 6.13. The van der Waals surface area contributed by atoms with Crippen LogP contribution in [0.3, 0.4) is 0 Å². The number of hydrogen-bond acceptors (Lipinski definition) is 3. The lowest BCUT2D eigenvalue weighted by atomic mass is 9.63. The van der Waals surface area contributed by atoms with Crippen LogP contribution in [0, 0.1) is 5.82 Å². The fourth-order valence-corrected chi connectivity index (χ4v) is 5.55. The van der Waals surface area contributed by atoms with Crippen LogP contribution in [0.2, 0.25) is 0 Å². The van der Waals surface area contributed by atoms with E-state index in [4.69, 9.17) is 5.11 Å². The van der Waals surface area contributed by atoms with Crippen molar-refractivity contribution in [3.05, 3.63) is 53.3 Å². The highest BCUT2D eigenvalue weighted by atomic mass is 19.1. The number of aliphatic hydroxyl groups is 1. The van der Waals surface area contributed by atoms with Gasteiger partial charge >= 0.3 is 0 Å². The summed E-state index contributed by atoms with van der Waals surface area (Å²) in [5.74, 6) is -0.161. The minimum Gasteiger partial charge on any atom is -0.396 e. The van der Waals surface area contributed by atoms with Gasteiger partial charge in [-0.15, -0.1) is 0 Å². The Morgan fingerprint density at radius 1 is 0.788 bits per heavy atom. The average molecular weight is 453 g/mol. The van der Waals surface area contributed by atoms with Crippen LogP contribution in [-0.2, 0) is 10.8 Å². The molecule has 1 fully saturated rings. The van der Waals surface area contributed by atoms with Crippen molar-refractivity contribution >= 4 is 5.69 Å². The number of anilines is 1. The molecule has 0 radical (unpaired) electrons. The van der Waals surface area contributed by atoms with Gasteiger partial charge < -0.3 is 10.0 Å². The minimum atomic E-state index is -0.161. The second-order valence-electron chi connectivity index (χ2n) is 11.3. The third kappa shape index (κ3) is 5.44. The molecule has 1 saturated heterocycles. The van der Waals surface area contributed by atoms with Crippen molar-refractivity contribution < 1.29 is 9.50 Å². The molecule has 2 aliphatic rings. The van der Waals surface area contributed by atoms with Gasteiger partial charge in [-0.1, -0.05) is 45.9 Å². The van der Waals surface area contributed by atoms with Crippen molar-refractivity contribution in [2.45, 2.75) is 70.6 Å². The fraction of sp³-hybridized carbons (Fsp3) is 0.586. The predicted molar refractivity (Wildman–Crippen MR) is 137 cm³/mol. The lowest BCUT2D eigenvalue weighted by molar-refractivity contribution is 0.242. The Morgan fingerprint density at radius 2 is 1.48 bits per heavy atom. The number of aliphatic hydroxyl groups excluding tert-OH is 1. The molecular formula is C29H41FN2O. The van der Waals surface area contributed by atoms with Crippen LogP contribution in [0.15, 0.2) is 36.4 Å². The molecule has 1 N–H and O–H groups in total. The van der Waals surface area contributed by atoms with Gasteiger partial charge in [0.25, 0.3) is 0 Å². The summed E-state index contributed by atoms with van der Waals surface area (Å²) in [4.78, 5) is 4.81. The van der Waals surface area contributed by atoms with E-state index in [1.54, 1.807) is 12.1 Å². The first-order valence-electron chi connectivity index (χ1n) is 12.7. The second kappa shape index (κ2) is 9.76. The number of rotatable bonds is 7. The highest BCUT2D eigenvalue weighted by Gasteiger charge is 2.37. The van der Waals surface area contributed by atoms with Crippen LogP contribution in [0.1, 0.15) is 70.9 Å². The van der Waals surface area contributed by atoms with Crippen LogP contribution in [-0.4, -0.2) is 49.3 Å². The Balaban J connectivity index is 1.52. The lowest BCUT2D eigenvalue weighted by Crippen LogP contribution is -2.46. The van der Waals surface area contributed by atoms with Crippen molar-refractivity contribution in [1.82, 2.24) is 4.90 Å². The Kier molecular flexibility index (Phi) is 7.16. The number of nitrogens with zero attached hydrogens (tertiary/aromatic N) is 2. The van der Waals surface area contributed by atoms with E-state index in [0.717, 1.165) is 68.8 Å². The van der Waals surface area contributed by atoms with Gasteiger partial charge in [-0.25, -0.2) is 4.39 Å². The van der Waals surface area contributed by atoms with E-state index in [1.807, 2.05) is 0 Å². The van der Waals surface area contributed by atoms with Crippen LogP contribution >= 0.6 is 0 Å². The molecule has 1 aliphatic heterocycles. The summed E-state index contributed by atoms with van der Waals surface area (Å²) in [6, 6.07) is 12.3. The minimum absolute atomic E-state index is 0.143. The zero-order chi connectivity index (χ0) is 23.6.